The lowest BCUT2D eigenvalue weighted by atomic mass is 9.96. The van der Waals surface area contributed by atoms with Gasteiger partial charge in [0.15, 0.2) is 6.29 Å². The number of nitrogens with zero attached hydrogens (tertiary/aromatic N) is 2. The Bertz CT molecular complexity index is 459. The van der Waals surface area contributed by atoms with Crippen molar-refractivity contribution >= 4 is 11.6 Å². The molecule has 0 aliphatic carbocycles. The van der Waals surface area contributed by atoms with Crippen LogP contribution in [-0.4, -0.2) is 35.2 Å². The van der Waals surface area contributed by atoms with E-state index in [4.69, 9.17) is 9.47 Å². The Morgan fingerprint density at radius 3 is 3.00 bits per heavy atom. The fraction of sp³-hybridized carbons (Fsp3) is 0.733. The van der Waals surface area contributed by atoms with Gasteiger partial charge in [0.25, 0.3) is 0 Å². The molecule has 2 heterocycles. The van der Waals surface area contributed by atoms with Gasteiger partial charge in [0.1, 0.15) is 0 Å². The molecule has 1 aromatic rings. The van der Waals surface area contributed by atoms with Crippen LogP contribution in [0.15, 0.2) is 12.4 Å². The van der Waals surface area contributed by atoms with Gasteiger partial charge in [0.2, 0.25) is 5.91 Å². The lowest BCUT2D eigenvalue weighted by molar-refractivity contribution is -0.163. The van der Waals surface area contributed by atoms with Crippen molar-refractivity contribution in [3.63, 3.8) is 0 Å². The molecule has 1 saturated heterocycles. The Morgan fingerprint density at radius 2 is 2.33 bits per heavy atom. The predicted octanol–water partition coefficient (Wildman–Crippen LogP) is 2.41. The van der Waals surface area contributed by atoms with E-state index in [2.05, 4.69) is 10.4 Å². The fourth-order valence-electron chi connectivity index (χ4n) is 1.99. The number of anilines is 1. The summed E-state index contributed by atoms with van der Waals surface area (Å²) in [5.74, 6) is -0.0195. The lowest BCUT2D eigenvalue weighted by Crippen LogP contribution is -2.27. The highest BCUT2D eigenvalue weighted by molar-refractivity contribution is 5.94. The molecule has 0 radical (unpaired) electrons. The predicted molar refractivity (Wildman–Crippen MR) is 79.9 cm³/mol. The maximum Gasteiger partial charge on any atom is 0.229 e. The molecule has 21 heavy (non-hydrogen) atoms. The molecule has 0 spiro atoms. The van der Waals surface area contributed by atoms with Crippen LogP contribution in [0.25, 0.3) is 0 Å². The minimum Gasteiger partial charge on any atom is -0.353 e. The maximum atomic E-state index is 11.9. The number of carbonyl (C=O) groups excluding carboxylic acids is 1. The van der Waals surface area contributed by atoms with Crippen molar-refractivity contribution in [3.05, 3.63) is 12.4 Å². The van der Waals surface area contributed by atoms with Crippen molar-refractivity contribution in [3.8, 4) is 0 Å². The number of carbonyl (C=O) groups is 1. The van der Waals surface area contributed by atoms with E-state index in [1.54, 1.807) is 10.9 Å². The number of amides is 1. The average Bonchev–Trinajstić information content (AvgIpc) is 2.86. The molecule has 1 atom stereocenters. The van der Waals surface area contributed by atoms with Crippen LogP contribution in [-0.2, 0) is 20.8 Å². The molecule has 1 N–H and O–H groups in total. The maximum absolute atomic E-state index is 11.9. The molecular formula is C15H25N3O3. The van der Waals surface area contributed by atoms with Gasteiger partial charge in [-0.3, -0.25) is 9.48 Å². The topological polar surface area (TPSA) is 65.4 Å². The van der Waals surface area contributed by atoms with Gasteiger partial charge in [0.05, 0.1) is 25.0 Å². The van der Waals surface area contributed by atoms with Gasteiger partial charge in [-0.1, -0.05) is 20.8 Å². The van der Waals surface area contributed by atoms with E-state index in [0.717, 1.165) is 25.9 Å². The number of aromatic nitrogens is 2. The third-order valence-corrected chi connectivity index (χ3v) is 3.33. The van der Waals surface area contributed by atoms with Gasteiger partial charge in [-0.2, -0.15) is 5.10 Å². The van der Waals surface area contributed by atoms with Crippen LogP contribution >= 0.6 is 0 Å². The van der Waals surface area contributed by atoms with E-state index < -0.39 is 5.41 Å². The number of hydrogen-bond acceptors (Lipinski definition) is 4. The van der Waals surface area contributed by atoms with Crippen molar-refractivity contribution in [2.75, 3.05) is 18.5 Å². The summed E-state index contributed by atoms with van der Waals surface area (Å²) in [6.07, 6.45) is 6.64. The van der Waals surface area contributed by atoms with Crippen LogP contribution < -0.4 is 5.32 Å². The second-order valence-corrected chi connectivity index (χ2v) is 6.36. The Kier molecular flexibility index (Phi) is 5.36. The molecule has 6 nitrogen and oxygen atoms in total. The van der Waals surface area contributed by atoms with Crippen LogP contribution in [0.5, 0.6) is 0 Å². The molecule has 1 amide bonds. The van der Waals surface area contributed by atoms with Crippen molar-refractivity contribution < 1.29 is 14.3 Å². The highest BCUT2D eigenvalue weighted by Crippen LogP contribution is 2.17. The molecule has 1 fully saturated rings. The highest BCUT2D eigenvalue weighted by atomic mass is 16.7. The summed E-state index contributed by atoms with van der Waals surface area (Å²) in [5, 5.41) is 7.07. The third-order valence-electron chi connectivity index (χ3n) is 3.33. The summed E-state index contributed by atoms with van der Waals surface area (Å²) in [6, 6.07) is 0. The standard InChI is InChI=1S/C15H25N3O3/c1-15(2,3)14(19)17-12-10-16-18(11-12)7-9-21-13-6-4-5-8-20-13/h10-11,13H,4-9H2,1-3H3,(H,17,19). The molecule has 0 bridgehead atoms. The van der Waals surface area contributed by atoms with Gasteiger partial charge in [-0.05, 0) is 19.3 Å². The van der Waals surface area contributed by atoms with Gasteiger partial charge in [-0.15, -0.1) is 0 Å². The highest BCUT2D eigenvalue weighted by Gasteiger charge is 2.21. The molecular weight excluding hydrogens is 270 g/mol. The zero-order valence-electron chi connectivity index (χ0n) is 13.1. The van der Waals surface area contributed by atoms with E-state index in [1.165, 1.54) is 0 Å². The van der Waals surface area contributed by atoms with Crippen molar-refractivity contribution in [2.45, 2.75) is 52.9 Å². The smallest absolute Gasteiger partial charge is 0.229 e. The summed E-state index contributed by atoms with van der Waals surface area (Å²) in [5.41, 5.74) is 0.299. The van der Waals surface area contributed by atoms with Crippen LogP contribution in [0, 0.1) is 5.41 Å². The Balaban J connectivity index is 1.74. The van der Waals surface area contributed by atoms with Gasteiger partial charge in [0, 0.05) is 18.2 Å². The number of hydrogen-bond donors (Lipinski definition) is 1. The summed E-state index contributed by atoms with van der Waals surface area (Å²) < 4.78 is 12.9. The normalized spacial score (nSPS) is 19.5. The van der Waals surface area contributed by atoms with Gasteiger partial charge in [-0.25, -0.2) is 0 Å². The van der Waals surface area contributed by atoms with Crippen LogP contribution in [0.2, 0.25) is 0 Å². The molecule has 118 valence electrons. The number of nitrogens with one attached hydrogen (secondary N) is 1. The lowest BCUT2D eigenvalue weighted by Gasteiger charge is -2.22. The Labute approximate surface area is 125 Å². The molecule has 0 saturated carbocycles. The monoisotopic (exact) mass is 295 g/mol. The van der Waals surface area contributed by atoms with Crippen LogP contribution in [0.3, 0.4) is 0 Å². The first kappa shape index (κ1) is 16.0. The zero-order chi connectivity index (χ0) is 15.3. The first-order valence-corrected chi connectivity index (χ1v) is 7.52. The van der Waals surface area contributed by atoms with E-state index in [-0.39, 0.29) is 12.2 Å². The molecule has 6 heteroatoms. The van der Waals surface area contributed by atoms with E-state index in [0.29, 0.717) is 18.8 Å². The third kappa shape index (κ3) is 5.13. The van der Waals surface area contributed by atoms with Gasteiger partial charge >= 0.3 is 0 Å². The molecule has 1 aliphatic heterocycles. The summed E-state index contributed by atoms with van der Waals surface area (Å²) in [7, 11) is 0. The van der Waals surface area contributed by atoms with Crippen molar-refractivity contribution in [2.24, 2.45) is 5.41 Å². The quantitative estimate of drug-likeness (QED) is 0.906. The summed E-state index contributed by atoms with van der Waals surface area (Å²) in [4.78, 5) is 11.9. The van der Waals surface area contributed by atoms with Crippen molar-refractivity contribution in [1.82, 2.24) is 9.78 Å². The first-order valence-electron chi connectivity index (χ1n) is 7.52. The second-order valence-electron chi connectivity index (χ2n) is 6.36. The Morgan fingerprint density at radius 1 is 1.52 bits per heavy atom. The van der Waals surface area contributed by atoms with E-state index in [9.17, 15) is 4.79 Å². The molecule has 1 aromatic heterocycles. The van der Waals surface area contributed by atoms with E-state index >= 15 is 0 Å². The zero-order valence-corrected chi connectivity index (χ0v) is 13.1. The summed E-state index contributed by atoms with van der Waals surface area (Å²) in [6.45, 7) is 7.62. The molecule has 0 aromatic carbocycles. The molecule has 1 unspecified atom stereocenters. The van der Waals surface area contributed by atoms with Crippen LogP contribution in [0.1, 0.15) is 40.0 Å². The Hall–Kier alpha value is -1.40. The minimum atomic E-state index is -0.413. The first-order chi connectivity index (χ1) is 9.95. The second kappa shape index (κ2) is 7.04. The fourth-order valence-corrected chi connectivity index (χ4v) is 1.99. The van der Waals surface area contributed by atoms with Crippen LogP contribution in [0.4, 0.5) is 5.69 Å². The minimum absolute atomic E-state index is 0.0195. The average molecular weight is 295 g/mol. The van der Waals surface area contributed by atoms with Gasteiger partial charge < -0.3 is 14.8 Å². The SMILES string of the molecule is CC(C)(C)C(=O)Nc1cnn(CCOC2CCCCO2)c1. The largest absolute Gasteiger partial charge is 0.353 e. The molecule has 1 aliphatic rings. The van der Waals surface area contributed by atoms with Crippen molar-refractivity contribution in [1.29, 1.82) is 0 Å². The number of ether oxygens (including phenoxy) is 2. The molecule has 2 rings (SSSR count). The van der Waals surface area contributed by atoms with E-state index in [1.807, 2.05) is 27.0 Å². The number of rotatable bonds is 5. The summed E-state index contributed by atoms with van der Waals surface area (Å²) >= 11 is 0.